The highest BCUT2D eigenvalue weighted by molar-refractivity contribution is 5.41. The van der Waals surface area contributed by atoms with E-state index in [1.807, 2.05) is 12.1 Å². The van der Waals surface area contributed by atoms with Crippen molar-refractivity contribution in [1.82, 2.24) is 4.98 Å². The van der Waals surface area contributed by atoms with Gasteiger partial charge in [-0.15, -0.1) is 0 Å². The summed E-state index contributed by atoms with van der Waals surface area (Å²) in [7, 11) is 1.64. The second kappa shape index (κ2) is 5.54. The Labute approximate surface area is 108 Å². The molecule has 0 saturated carbocycles. The maximum absolute atomic E-state index is 5.09. The summed E-state index contributed by atoms with van der Waals surface area (Å²) in [5, 5.41) is 3.38. The molecular formula is C15H18N2O. The molecule has 1 N–H and O–H groups in total. The number of benzene rings is 1. The number of hydrogen-bond donors (Lipinski definition) is 1. The van der Waals surface area contributed by atoms with E-state index in [1.54, 1.807) is 13.3 Å². The molecule has 0 aliphatic carbocycles. The van der Waals surface area contributed by atoms with Crippen molar-refractivity contribution < 1.29 is 4.74 Å². The quantitative estimate of drug-likeness (QED) is 0.890. The lowest BCUT2D eigenvalue weighted by Gasteiger charge is -2.17. The highest BCUT2D eigenvalue weighted by Gasteiger charge is 2.08. The van der Waals surface area contributed by atoms with Crippen LogP contribution < -0.4 is 10.1 Å². The van der Waals surface area contributed by atoms with E-state index in [2.05, 4.69) is 48.4 Å². The van der Waals surface area contributed by atoms with Crippen LogP contribution in [0.4, 0.5) is 5.82 Å². The predicted molar refractivity (Wildman–Crippen MR) is 74.0 cm³/mol. The maximum atomic E-state index is 5.09. The van der Waals surface area contributed by atoms with E-state index in [1.165, 1.54) is 11.1 Å². The number of nitrogens with one attached hydrogen (secondary N) is 1. The Hall–Kier alpha value is -2.03. The Morgan fingerprint density at radius 1 is 1.17 bits per heavy atom. The summed E-state index contributed by atoms with van der Waals surface area (Å²) >= 11 is 0. The number of aryl methyl sites for hydroxylation is 1. The number of ether oxygens (including phenoxy) is 1. The SMILES string of the molecule is COc1ccc(NC(C)c2ccccc2C)nc1. The molecule has 0 bridgehead atoms. The first-order valence-corrected chi connectivity index (χ1v) is 6.03. The van der Waals surface area contributed by atoms with Crippen LogP contribution in [-0.4, -0.2) is 12.1 Å². The zero-order valence-electron chi connectivity index (χ0n) is 11.0. The molecule has 94 valence electrons. The van der Waals surface area contributed by atoms with E-state index in [0.717, 1.165) is 11.6 Å². The van der Waals surface area contributed by atoms with E-state index in [4.69, 9.17) is 4.74 Å². The largest absolute Gasteiger partial charge is 0.495 e. The molecule has 1 heterocycles. The van der Waals surface area contributed by atoms with Crippen LogP contribution in [0.1, 0.15) is 24.1 Å². The summed E-state index contributed by atoms with van der Waals surface area (Å²) < 4.78 is 5.09. The second-order valence-electron chi connectivity index (χ2n) is 4.31. The van der Waals surface area contributed by atoms with Crippen LogP contribution in [0.5, 0.6) is 5.75 Å². The standard InChI is InChI=1S/C15H18N2O/c1-11-6-4-5-7-14(11)12(2)17-15-9-8-13(18-3)10-16-15/h4-10,12H,1-3H3,(H,16,17). The topological polar surface area (TPSA) is 34.1 Å². The van der Waals surface area contributed by atoms with E-state index in [0.29, 0.717) is 0 Å². The lowest BCUT2D eigenvalue weighted by molar-refractivity contribution is 0.413. The molecule has 1 atom stereocenters. The minimum absolute atomic E-state index is 0.229. The monoisotopic (exact) mass is 242 g/mol. The van der Waals surface area contributed by atoms with Gasteiger partial charge < -0.3 is 10.1 Å². The van der Waals surface area contributed by atoms with Gasteiger partial charge in [0.05, 0.1) is 19.3 Å². The van der Waals surface area contributed by atoms with Gasteiger partial charge >= 0.3 is 0 Å². The molecular weight excluding hydrogens is 224 g/mol. The third-order valence-electron chi connectivity index (χ3n) is 2.99. The minimum Gasteiger partial charge on any atom is -0.495 e. The van der Waals surface area contributed by atoms with E-state index >= 15 is 0 Å². The average Bonchev–Trinajstić information content (AvgIpc) is 2.40. The Morgan fingerprint density at radius 3 is 2.56 bits per heavy atom. The molecule has 0 fully saturated rings. The molecule has 2 aromatic rings. The van der Waals surface area contributed by atoms with Gasteiger partial charge in [-0.05, 0) is 37.1 Å². The van der Waals surface area contributed by atoms with Crippen molar-refractivity contribution in [1.29, 1.82) is 0 Å². The Morgan fingerprint density at radius 2 is 1.94 bits per heavy atom. The Kier molecular flexibility index (Phi) is 3.82. The van der Waals surface area contributed by atoms with Gasteiger partial charge in [-0.2, -0.15) is 0 Å². The molecule has 1 aromatic heterocycles. The third kappa shape index (κ3) is 2.80. The summed E-state index contributed by atoms with van der Waals surface area (Å²) in [6, 6.07) is 12.4. The van der Waals surface area contributed by atoms with Crippen molar-refractivity contribution in [3.05, 3.63) is 53.7 Å². The molecule has 0 aliphatic rings. The molecule has 3 heteroatoms. The predicted octanol–water partition coefficient (Wildman–Crippen LogP) is 3.57. The Bertz CT molecular complexity index is 508. The number of methoxy groups -OCH3 is 1. The first-order valence-electron chi connectivity index (χ1n) is 6.03. The number of hydrogen-bond acceptors (Lipinski definition) is 3. The third-order valence-corrected chi connectivity index (χ3v) is 2.99. The van der Waals surface area contributed by atoms with Crippen LogP contribution >= 0.6 is 0 Å². The fourth-order valence-corrected chi connectivity index (χ4v) is 1.96. The number of anilines is 1. The molecule has 1 aromatic carbocycles. The molecule has 0 spiro atoms. The fourth-order valence-electron chi connectivity index (χ4n) is 1.96. The zero-order chi connectivity index (χ0) is 13.0. The van der Waals surface area contributed by atoms with Crippen LogP contribution in [0.15, 0.2) is 42.6 Å². The molecule has 3 nitrogen and oxygen atoms in total. The van der Waals surface area contributed by atoms with Gasteiger partial charge in [0.15, 0.2) is 0 Å². The second-order valence-corrected chi connectivity index (χ2v) is 4.31. The van der Waals surface area contributed by atoms with Gasteiger partial charge in [0.1, 0.15) is 11.6 Å². The van der Waals surface area contributed by atoms with Crippen molar-refractivity contribution in [3.8, 4) is 5.75 Å². The molecule has 18 heavy (non-hydrogen) atoms. The summed E-state index contributed by atoms with van der Waals surface area (Å²) in [6.45, 7) is 4.25. The van der Waals surface area contributed by atoms with Crippen LogP contribution in [0.25, 0.3) is 0 Å². The lowest BCUT2D eigenvalue weighted by Crippen LogP contribution is -2.09. The van der Waals surface area contributed by atoms with Crippen LogP contribution in [0, 0.1) is 6.92 Å². The van der Waals surface area contributed by atoms with Crippen molar-refractivity contribution in [2.75, 3.05) is 12.4 Å². The molecule has 0 radical (unpaired) electrons. The highest BCUT2D eigenvalue weighted by atomic mass is 16.5. The number of pyridine rings is 1. The molecule has 1 unspecified atom stereocenters. The molecule has 2 rings (SSSR count). The number of nitrogens with zero attached hydrogens (tertiary/aromatic N) is 1. The first-order chi connectivity index (χ1) is 8.70. The summed E-state index contributed by atoms with van der Waals surface area (Å²) in [6.07, 6.45) is 1.72. The van der Waals surface area contributed by atoms with Gasteiger partial charge in [-0.3, -0.25) is 0 Å². The zero-order valence-corrected chi connectivity index (χ0v) is 11.0. The van der Waals surface area contributed by atoms with Crippen molar-refractivity contribution >= 4 is 5.82 Å². The number of aromatic nitrogens is 1. The van der Waals surface area contributed by atoms with Crippen molar-refractivity contribution in [3.63, 3.8) is 0 Å². The molecule has 0 aliphatic heterocycles. The summed E-state index contributed by atoms with van der Waals surface area (Å²) in [5.74, 6) is 1.62. The molecule has 0 amide bonds. The van der Waals surface area contributed by atoms with Crippen molar-refractivity contribution in [2.24, 2.45) is 0 Å². The van der Waals surface area contributed by atoms with Crippen LogP contribution in [-0.2, 0) is 0 Å². The van der Waals surface area contributed by atoms with E-state index < -0.39 is 0 Å². The van der Waals surface area contributed by atoms with Crippen molar-refractivity contribution in [2.45, 2.75) is 19.9 Å². The molecule has 0 saturated heterocycles. The lowest BCUT2D eigenvalue weighted by atomic mass is 10.0. The number of rotatable bonds is 4. The fraction of sp³-hybridized carbons (Fsp3) is 0.267. The van der Waals surface area contributed by atoms with Gasteiger partial charge in [0.2, 0.25) is 0 Å². The van der Waals surface area contributed by atoms with E-state index in [-0.39, 0.29) is 6.04 Å². The summed E-state index contributed by atoms with van der Waals surface area (Å²) in [4.78, 5) is 4.31. The van der Waals surface area contributed by atoms with Crippen LogP contribution in [0.2, 0.25) is 0 Å². The van der Waals surface area contributed by atoms with Gasteiger partial charge in [-0.1, -0.05) is 24.3 Å². The first kappa shape index (κ1) is 12.4. The Balaban J connectivity index is 2.11. The minimum atomic E-state index is 0.229. The van der Waals surface area contributed by atoms with Crippen LogP contribution in [0.3, 0.4) is 0 Å². The average molecular weight is 242 g/mol. The van der Waals surface area contributed by atoms with Gasteiger partial charge in [0, 0.05) is 0 Å². The highest BCUT2D eigenvalue weighted by Crippen LogP contribution is 2.21. The van der Waals surface area contributed by atoms with Gasteiger partial charge in [-0.25, -0.2) is 4.98 Å². The normalized spacial score (nSPS) is 11.9. The maximum Gasteiger partial charge on any atom is 0.137 e. The van der Waals surface area contributed by atoms with E-state index in [9.17, 15) is 0 Å². The smallest absolute Gasteiger partial charge is 0.137 e. The summed E-state index contributed by atoms with van der Waals surface area (Å²) in [5.41, 5.74) is 2.57. The van der Waals surface area contributed by atoms with Gasteiger partial charge in [0.25, 0.3) is 0 Å².